The minimum absolute atomic E-state index is 0. The Balaban J connectivity index is 0.00000289. The van der Waals surface area contributed by atoms with E-state index < -0.39 is 0 Å². The zero-order valence-electron chi connectivity index (χ0n) is 10.6. The van der Waals surface area contributed by atoms with E-state index in [0.29, 0.717) is 13.0 Å². The summed E-state index contributed by atoms with van der Waals surface area (Å²) in [5.74, 6) is 1.19. The van der Waals surface area contributed by atoms with Crippen molar-refractivity contribution in [3.63, 3.8) is 0 Å². The molecule has 0 radical (unpaired) electrons. The monoisotopic (exact) mass is 288 g/mol. The van der Waals surface area contributed by atoms with Crippen LogP contribution in [0.25, 0.3) is 0 Å². The van der Waals surface area contributed by atoms with Gasteiger partial charge in [0.25, 0.3) is 0 Å². The van der Waals surface area contributed by atoms with Gasteiger partial charge in [0.1, 0.15) is 0 Å². The lowest BCUT2D eigenvalue weighted by atomic mass is 10.1. The number of hydrogen-bond acceptors (Lipinski definition) is 3. The largest absolute Gasteiger partial charge is 0.399 e. The summed E-state index contributed by atoms with van der Waals surface area (Å²) in [6, 6.07) is 7.76. The Kier molecular flexibility index (Phi) is 9.60. The van der Waals surface area contributed by atoms with Gasteiger partial charge in [-0.2, -0.15) is 11.8 Å². The molecule has 0 aromatic heterocycles. The molecule has 3 N–H and O–H groups in total. The first kappa shape index (κ1) is 17.1. The molecule has 3 nitrogen and oxygen atoms in total. The Bertz CT molecular complexity index is 343. The second kappa shape index (κ2) is 10.1. The van der Waals surface area contributed by atoms with Gasteiger partial charge in [-0.05, 0) is 42.5 Å². The number of carbonyl (C=O) groups is 1. The highest BCUT2D eigenvalue weighted by molar-refractivity contribution is 7.98. The molecule has 5 heteroatoms. The van der Waals surface area contributed by atoms with E-state index in [0.717, 1.165) is 24.3 Å². The first-order chi connectivity index (χ1) is 8.22. The van der Waals surface area contributed by atoms with Gasteiger partial charge in [-0.1, -0.05) is 12.1 Å². The standard InChI is InChI=1S/C13H20N2OS.ClH/c1-17-10-2-3-13(16)15-9-8-11-4-6-12(14)7-5-11;/h4-7H,2-3,8-10,14H2,1H3,(H,15,16);1H. The molecular weight excluding hydrogens is 268 g/mol. The predicted molar refractivity (Wildman–Crippen MR) is 82.4 cm³/mol. The lowest BCUT2D eigenvalue weighted by molar-refractivity contribution is -0.121. The smallest absolute Gasteiger partial charge is 0.220 e. The maximum Gasteiger partial charge on any atom is 0.220 e. The maximum absolute atomic E-state index is 11.4. The molecule has 0 saturated heterocycles. The number of anilines is 1. The summed E-state index contributed by atoms with van der Waals surface area (Å²) in [4.78, 5) is 11.4. The van der Waals surface area contributed by atoms with Crippen LogP contribution in [-0.4, -0.2) is 24.5 Å². The van der Waals surface area contributed by atoms with Gasteiger partial charge in [0.15, 0.2) is 0 Å². The highest BCUT2D eigenvalue weighted by atomic mass is 35.5. The summed E-state index contributed by atoms with van der Waals surface area (Å²) < 4.78 is 0. The molecule has 1 amide bonds. The van der Waals surface area contributed by atoms with Crippen LogP contribution in [0.2, 0.25) is 0 Å². The van der Waals surface area contributed by atoms with Crippen LogP contribution in [0.1, 0.15) is 18.4 Å². The fraction of sp³-hybridized carbons (Fsp3) is 0.462. The zero-order valence-corrected chi connectivity index (χ0v) is 12.3. The summed E-state index contributed by atoms with van der Waals surface area (Å²) >= 11 is 1.77. The summed E-state index contributed by atoms with van der Waals surface area (Å²) in [6.45, 7) is 0.696. The van der Waals surface area contributed by atoms with Gasteiger partial charge in [-0.15, -0.1) is 12.4 Å². The molecule has 0 unspecified atom stereocenters. The van der Waals surface area contributed by atoms with E-state index in [1.165, 1.54) is 5.56 Å². The van der Waals surface area contributed by atoms with Crippen molar-refractivity contribution in [1.82, 2.24) is 5.32 Å². The molecule has 0 aliphatic rings. The van der Waals surface area contributed by atoms with Crippen molar-refractivity contribution in [2.24, 2.45) is 0 Å². The maximum atomic E-state index is 11.4. The molecule has 0 fully saturated rings. The molecule has 102 valence electrons. The van der Waals surface area contributed by atoms with Crippen LogP contribution in [0.5, 0.6) is 0 Å². The lowest BCUT2D eigenvalue weighted by Crippen LogP contribution is -2.25. The second-order valence-corrected chi connectivity index (χ2v) is 4.92. The van der Waals surface area contributed by atoms with Crippen LogP contribution in [-0.2, 0) is 11.2 Å². The minimum atomic E-state index is 0. The molecule has 0 bridgehead atoms. The van der Waals surface area contributed by atoms with E-state index in [1.807, 2.05) is 24.3 Å². The molecule has 0 saturated carbocycles. The molecule has 0 aliphatic carbocycles. The van der Waals surface area contributed by atoms with Gasteiger partial charge < -0.3 is 11.1 Å². The van der Waals surface area contributed by atoms with Crippen LogP contribution in [0.3, 0.4) is 0 Å². The summed E-state index contributed by atoms with van der Waals surface area (Å²) in [6.07, 6.45) is 4.49. The number of benzene rings is 1. The molecule has 18 heavy (non-hydrogen) atoms. The Morgan fingerprint density at radius 1 is 1.33 bits per heavy atom. The van der Waals surface area contributed by atoms with Crippen LogP contribution in [0, 0.1) is 0 Å². The van der Waals surface area contributed by atoms with Crippen molar-refractivity contribution in [3.05, 3.63) is 29.8 Å². The number of nitrogen functional groups attached to an aromatic ring is 1. The lowest BCUT2D eigenvalue weighted by Gasteiger charge is -2.05. The Labute approximate surface area is 119 Å². The molecule has 0 aliphatic heterocycles. The van der Waals surface area contributed by atoms with Gasteiger partial charge in [0.2, 0.25) is 5.91 Å². The number of rotatable bonds is 7. The molecule has 0 spiro atoms. The van der Waals surface area contributed by atoms with Gasteiger partial charge in [0.05, 0.1) is 0 Å². The number of carbonyl (C=O) groups excluding carboxylic acids is 1. The van der Waals surface area contributed by atoms with Gasteiger partial charge in [-0.25, -0.2) is 0 Å². The topological polar surface area (TPSA) is 55.1 Å². The van der Waals surface area contributed by atoms with Crippen molar-refractivity contribution in [1.29, 1.82) is 0 Å². The van der Waals surface area contributed by atoms with Crippen LogP contribution in [0.15, 0.2) is 24.3 Å². The van der Waals surface area contributed by atoms with Crippen molar-refractivity contribution >= 4 is 35.8 Å². The van der Waals surface area contributed by atoms with E-state index in [2.05, 4.69) is 11.6 Å². The van der Waals surface area contributed by atoms with Gasteiger partial charge >= 0.3 is 0 Å². The molecule has 1 aromatic rings. The van der Waals surface area contributed by atoms with Crippen molar-refractivity contribution < 1.29 is 4.79 Å². The van der Waals surface area contributed by atoms with Crippen molar-refractivity contribution in [2.45, 2.75) is 19.3 Å². The average molecular weight is 289 g/mol. The fourth-order valence-corrected chi connectivity index (χ4v) is 1.93. The first-order valence-electron chi connectivity index (χ1n) is 5.82. The highest BCUT2D eigenvalue weighted by Crippen LogP contribution is 2.05. The SMILES string of the molecule is CSCCCC(=O)NCCc1ccc(N)cc1.Cl. The Morgan fingerprint density at radius 3 is 2.61 bits per heavy atom. The molecule has 0 heterocycles. The van der Waals surface area contributed by atoms with Crippen LogP contribution in [0.4, 0.5) is 5.69 Å². The van der Waals surface area contributed by atoms with Crippen LogP contribution >= 0.6 is 24.2 Å². The second-order valence-electron chi connectivity index (χ2n) is 3.94. The van der Waals surface area contributed by atoms with E-state index in [9.17, 15) is 4.79 Å². The Hall–Kier alpha value is -0.870. The van der Waals surface area contributed by atoms with Crippen LogP contribution < -0.4 is 11.1 Å². The molecule has 1 aromatic carbocycles. The van der Waals surface area contributed by atoms with E-state index in [1.54, 1.807) is 11.8 Å². The number of nitrogens with two attached hydrogens (primary N) is 1. The molecule has 1 rings (SSSR count). The number of amides is 1. The quantitative estimate of drug-likeness (QED) is 0.599. The minimum Gasteiger partial charge on any atom is -0.399 e. The summed E-state index contributed by atoms with van der Waals surface area (Å²) in [5, 5.41) is 2.93. The average Bonchev–Trinajstić information content (AvgIpc) is 2.32. The number of nitrogens with one attached hydrogen (secondary N) is 1. The fourth-order valence-electron chi connectivity index (χ4n) is 1.50. The third kappa shape index (κ3) is 7.45. The first-order valence-corrected chi connectivity index (χ1v) is 7.22. The van der Waals surface area contributed by atoms with E-state index in [-0.39, 0.29) is 18.3 Å². The number of thioether (sulfide) groups is 1. The van der Waals surface area contributed by atoms with E-state index >= 15 is 0 Å². The Morgan fingerprint density at radius 2 is 2.00 bits per heavy atom. The van der Waals surface area contributed by atoms with Gasteiger partial charge in [-0.3, -0.25) is 4.79 Å². The summed E-state index contributed by atoms with van der Waals surface area (Å²) in [5.41, 5.74) is 7.57. The molecular formula is C13H21ClN2OS. The normalized spacial score (nSPS) is 9.61. The predicted octanol–water partition coefficient (Wildman–Crippen LogP) is 2.49. The van der Waals surface area contributed by atoms with E-state index in [4.69, 9.17) is 5.73 Å². The molecule has 0 atom stereocenters. The number of halogens is 1. The zero-order chi connectivity index (χ0) is 12.5. The van der Waals surface area contributed by atoms with Crippen molar-refractivity contribution in [3.8, 4) is 0 Å². The number of hydrogen-bond donors (Lipinski definition) is 2. The third-order valence-electron chi connectivity index (χ3n) is 2.47. The van der Waals surface area contributed by atoms with Gasteiger partial charge in [0, 0.05) is 18.7 Å². The van der Waals surface area contributed by atoms with Crippen molar-refractivity contribution in [2.75, 3.05) is 24.3 Å². The summed E-state index contributed by atoms with van der Waals surface area (Å²) in [7, 11) is 0. The highest BCUT2D eigenvalue weighted by Gasteiger charge is 2.00. The third-order valence-corrected chi connectivity index (χ3v) is 3.16.